The summed E-state index contributed by atoms with van der Waals surface area (Å²) in [5.41, 5.74) is 6.29. The molecule has 3 rings (SSSR count). The summed E-state index contributed by atoms with van der Waals surface area (Å²) >= 11 is 0. The topological polar surface area (TPSA) is 70.8 Å². The lowest BCUT2D eigenvalue weighted by Crippen LogP contribution is -2.26. The quantitative estimate of drug-likeness (QED) is 0.246. The van der Waals surface area contributed by atoms with E-state index in [-0.39, 0.29) is 17.0 Å². The number of rotatable bonds is 11. The monoisotopic (exact) mass is 491 g/mol. The number of benzene rings is 3. The van der Waals surface area contributed by atoms with Crippen molar-refractivity contribution >= 4 is 24.6 Å². The molecule has 0 aliphatic carbocycles. The molecule has 1 unspecified atom stereocenters. The highest BCUT2D eigenvalue weighted by molar-refractivity contribution is 8.93. The van der Waals surface area contributed by atoms with Crippen LogP contribution < -0.4 is 19.5 Å². The molecule has 30 heavy (non-hydrogen) atoms. The second-order valence-corrected chi connectivity index (χ2v) is 8.68. The third kappa shape index (κ3) is 7.52. The van der Waals surface area contributed by atoms with E-state index in [1.165, 1.54) is 0 Å². The van der Waals surface area contributed by atoms with Gasteiger partial charge in [-0.2, -0.15) is 0 Å². The number of hydrogen-bond donors (Lipinski definition) is 1. The van der Waals surface area contributed by atoms with Gasteiger partial charge < -0.3 is 19.5 Å². The van der Waals surface area contributed by atoms with Crippen molar-refractivity contribution < 1.29 is 18.3 Å². The molecular weight excluding hydrogens is 465 g/mol. The summed E-state index contributed by atoms with van der Waals surface area (Å²) in [6.45, 7) is 0.570. The van der Waals surface area contributed by atoms with Crippen LogP contribution >= 0.6 is 24.6 Å². The fraction of sp³-hybridized carbons (Fsp3) is 0.217. The van der Waals surface area contributed by atoms with Gasteiger partial charge in [0.25, 0.3) is 0 Å². The van der Waals surface area contributed by atoms with Crippen molar-refractivity contribution in [3.63, 3.8) is 0 Å². The summed E-state index contributed by atoms with van der Waals surface area (Å²) in [7, 11) is -3.62. The average Bonchev–Trinajstić information content (AvgIpc) is 2.75. The number of nitrogens with two attached hydrogens (primary N) is 1. The predicted molar refractivity (Wildman–Crippen MR) is 126 cm³/mol. The summed E-state index contributed by atoms with van der Waals surface area (Å²) in [6.07, 6.45) is 2.03. The Morgan fingerprint density at radius 3 is 1.60 bits per heavy atom. The summed E-state index contributed by atoms with van der Waals surface area (Å²) in [6, 6.07) is 27.6. The molecular formula is C23H27BrNO4P. The number of unbranched alkanes of at least 4 members (excludes halogenated alkanes) is 1. The lowest BCUT2D eigenvalue weighted by Gasteiger charge is -2.25. The summed E-state index contributed by atoms with van der Waals surface area (Å²) in [4.78, 5) is 0. The molecule has 0 amide bonds. The molecule has 0 saturated heterocycles. The first-order chi connectivity index (χ1) is 14.2. The van der Waals surface area contributed by atoms with Gasteiger partial charge in [0.2, 0.25) is 0 Å². The van der Waals surface area contributed by atoms with Gasteiger partial charge in [0.1, 0.15) is 23.0 Å². The van der Waals surface area contributed by atoms with Crippen LogP contribution in [0.4, 0.5) is 0 Å². The van der Waals surface area contributed by atoms with E-state index in [1.807, 2.05) is 66.7 Å². The van der Waals surface area contributed by atoms with Crippen molar-refractivity contribution in [3.05, 3.63) is 91.0 Å². The second-order valence-electron chi connectivity index (χ2n) is 6.57. The Kier molecular flexibility index (Phi) is 9.95. The van der Waals surface area contributed by atoms with Crippen molar-refractivity contribution in [2.45, 2.75) is 25.0 Å². The van der Waals surface area contributed by atoms with Gasteiger partial charge >= 0.3 is 7.60 Å². The second kappa shape index (κ2) is 12.4. The minimum atomic E-state index is -3.62. The molecule has 0 aliphatic rings. The third-order valence-electron chi connectivity index (χ3n) is 4.26. The molecule has 1 atom stereocenters. The maximum Gasteiger partial charge on any atom is 0.447 e. The van der Waals surface area contributed by atoms with Crippen LogP contribution in [-0.2, 0) is 4.57 Å². The fourth-order valence-electron chi connectivity index (χ4n) is 2.73. The van der Waals surface area contributed by atoms with Crippen molar-refractivity contribution in [1.82, 2.24) is 0 Å². The van der Waals surface area contributed by atoms with Gasteiger partial charge in [0, 0.05) is 0 Å². The minimum Gasteiger partial charge on any atom is -0.494 e. The molecule has 0 heterocycles. The van der Waals surface area contributed by atoms with Crippen LogP contribution in [0.15, 0.2) is 91.0 Å². The van der Waals surface area contributed by atoms with E-state index in [1.54, 1.807) is 24.3 Å². The summed E-state index contributed by atoms with van der Waals surface area (Å²) < 4.78 is 30.8. The number of halogens is 1. The van der Waals surface area contributed by atoms with Gasteiger partial charge in [-0.25, -0.2) is 4.57 Å². The molecule has 5 nitrogen and oxygen atoms in total. The molecule has 0 fully saturated rings. The fourth-order valence-corrected chi connectivity index (χ4v) is 4.37. The van der Waals surface area contributed by atoms with E-state index in [4.69, 9.17) is 19.5 Å². The van der Waals surface area contributed by atoms with Crippen LogP contribution in [0.25, 0.3) is 0 Å². The van der Waals surface area contributed by atoms with Crippen molar-refractivity contribution in [2.75, 3.05) is 6.61 Å². The SMILES string of the molecule is Br.NC(CCCCOc1ccccc1)P(=O)(Oc1ccccc1)Oc1ccccc1. The first-order valence-electron chi connectivity index (χ1n) is 9.68. The Labute approximate surface area is 188 Å². The molecule has 160 valence electrons. The number of ether oxygens (including phenoxy) is 1. The Balaban J connectivity index is 0.00000320. The van der Waals surface area contributed by atoms with Gasteiger partial charge in [0.05, 0.1) is 6.61 Å². The summed E-state index contributed by atoms with van der Waals surface area (Å²) in [5, 5.41) is 0. The van der Waals surface area contributed by atoms with Crippen molar-refractivity contribution in [1.29, 1.82) is 0 Å². The largest absolute Gasteiger partial charge is 0.494 e. The van der Waals surface area contributed by atoms with Crippen LogP contribution in [0, 0.1) is 0 Å². The molecule has 0 bridgehead atoms. The molecule has 3 aromatic carbocycles. The zero-order valence-electron chi connectivity index (χ0n) is 16.6. The van der Waals surface area contributed by atoms with E-state index >= 15 is 0 Å². The molecule has 0 aliphatic heterocycles. The van der Waals surface area contributed by atoms with Gasteiger partial charge in [0.15, 0.2) is 0 Å². The van der Waals surface area contributed by atoms with Crippen LogP contribution in [0.3, 0.4) is 0 Å². The highest BCUT2D eigenvalue weighted by Gasteiger charge is 2.36. The van der Waals surface area contributed by atoms with E-state index in [0.29, 0.717) is 24.5 Å². The minimum absolute atomic E-state index is 0. The van der Waals surface area contributed by atoms with Gasteiger partial charge in [-0.05, 0) is 55.7 Å². The molecule has 0 aromatic heterocycles. The Bertz CT molecular complexity index is 851. The maximum atomic E-state index is 13.5. The summed E-state index contributed by atoms with van der Waals surface area (Å²) in [5.74, 6) is 1.02. The van der Waals surface area contributed by atoms with Crippen LogP contribution in [0.5, 0.6) is 17.2 Å². The number of hydrogen-bond acceptors (Lipinski definition) is 5. The molecule has 3 aromatic rings. The highest BCUT2D eigenvalue weighted by atomic mass is 79.9. The molecule has 7 heteroatoms. The smallest absolute Gasteiger partial charge is 0.447 e. The average molecular weight is 492 g/mol. The molecule has 0 saturated carbocycles. The standard InChI is InChI=1S/C23H26NO4P.BrH/c24-23(18-10-11-19-26-20-12-4-1-5-13-20)29(25,27-21-14-6-2-7-15-21)28-22-16-8-3-9-17-22;/h1-9,12-17,23H,10-11,18-19,24H2;1H. The van der Waals surface area contributed by atoms with Gasteiger partial charge in [-0.3, -0.25) is 0 Å². The maximum absolute atomic E-state index is 13.5. The molecule has 2 N–H and O–H groups in total. The zero-order chi connectivity index (χ0) is 20.4. The van der Waals surface area contributed by atoms with Gasteiger partial charge in [-0.1, -0.05) is 54.6 Å². The lowest BCUT2D eigenvalue weighted by molar-refractivity contribution is 0.302. The first kappa shape index (κ1) is 24.0. The van der Waals surface area contributed by atoms with Crippen LogP contribution in [-0.4, -0.2) is 12.4 Å². The lowest BCUT2D eigenvalue weighted by atomic mass is 10.2. The van der Waals surface area contributed by atoms with E-state index in [2.05, 4.69) is 0 Å². The van der Waals surface area contributed by atoms with Crippen molar-refractivity contribution in [3.8, 4) is 17.2 Å². The van der Waals surface area contributed by atoms with E-state index < -0.39 is 13.4 Å². The molecule has 0 radical (unpaired) electrons. The first-order valence-corrected chi connectivity index (χ1v) is 11.3. The Morgan fingerprint density at radius 2 is 1.13 bits per heavy atom. The Hall–Kier alpha value is -2.27. The normalized spacial score (nSPS) is 11.8. The van der Waals surface area contributed by atoms with Crippen LogP contribution in [0.2, 0.25) is 0 Å². The highest BCUT2D eigenvalue weighted by Crippen LogP contribution is 2.52. The molecule has 0 spiro atoms. The zero-order valence-corrected chi connectivity index (χ0v) is 19.2. The predicted octanol–water partition coefficient (Wildman–Crippen LogP) is 6.45. The van der Waals surface area contributed by atoms with E-state index in [0.717, 1.165) is 18.6 Å². The van der Waals surface area contributed by atoms with Gasteiger partial charge in [-0.15, -0.1) is 17.0 Å². The van der Waals surface area contributed by atoms with Crippen LogP contribution in [0.1, 0.15) is 19.3 Å². The third-order valence-corrected chi connectivity index (χ3v) is 6.27. The van der Waals surface area contributed by atoms with Crippen molar-refractivity contribution in [2.24, 2.45) is 5.73 Å². The van der Waals surface area contributed by atoms with E-state index in [9.17, 15) is 4.57 Å². The number of para-hydroxylation sites is 3. The Morgan fingerprint density at radius 1 is 0.700 bits per heavy atom.